The van der Waals surface area contributed by atoms with Gasteiger partial charge in [-0.05, 0) is 18.2 Å². The van der Waals surface area contributed by atoms with Gasteiger partial charge in [-0.25, -0.2) is 4.39 Å². The third-order valence-corrected chi connectivity index (χ3v) is 2.12. The van der Waals surface area contributed by atoms with Crippen molar-refractivity contribution in [2.45, 2.75) is 0 Å². The molecule has 0 aliphatic carbocycles. The van der Waals surface area contributed by atoms with Crippen molar-refractivity contribution in [3.8, 4) is 0 Å². The standard InChI is InChI=1S/C11H10FNO2/c1-13(2)11-6-9(14)8-5-7(12)3-4-10(8)15-11/h3-6H,1-2H3. The van der Waals surface area contributed by atoms with Gasteiger partial charge in [0.25, 0.3) is 0 Å². The zero-order valence-corrected chi connectivity index (χ0v) is 8.45. The number of rotatable bonds is 1. The number of halogens is 1. The predicted molar refractivity (Wildman–Crippen MR) is 56.8 cm³/mol. The molecule has 2 rings (SSSR count). The lowest BCUT2D eigenvalue weighted by atomic mass is 10.2. The summed E-state index contributed by atoms with van der Waals surface area (Å²) in [4.78, 5) is 13.3. The van der Waals surface area contributed by atoms with Crippen LogP contribution in [0.1, 0.15) is 0 Å². The van der Waals surface area contributed by atoms with Crippen molar-refractivity contribution in [1.29, 1.82) is 0 Å². The minimum Gasteiger partial charge on any atom is -0.440 e. The smallest absolute Gasteiger partial charge is 0.199 e. The summed E-state index contributed by atoms with van der Waals surface area (Å²) in [6, 6.07) is 5.26. The molecule has 0 aliphatic heterocycles. The number of fused-ring (bicyclic) bond motifs is 1. The van der Waals surface area contributed by atoms with E-state index >= 15 is 0 Å². The summed E-state index contributed by atoms with van der Waals surface area (Å²) in [6.07, 6.45) is 0. The Morgan fingerprint density at radius 2 is 2.00 bits per heavy atom. The molecule has 0 N–H and O–H groups in total. The molecule has 0 atom stereocenters. The fourth-order valence-corrected chi connectivity index (χ4v) is 1.34. The fourth-order valence-electron chi connectivity index (χ4n) is 1.34. The zero-order chi connectivity index (χ0) is 11.0. The monoisotopic (exact) mass is 207 g/mol. The molecule has 4 heteroatoms. The third-order valence-electron chi connectivity index (χ3n) is 2.12. The van der Waals surface area contributed by atoms with Gasteiger partial charge in [-0.3, -0.25) is 4.79 Å². The van der Waals surface area contributed by atoms with Crippen LogP contribution in [0.15, 0.2) is 33.5 Å². The molecule has 0 saturated heterocycles. The topological polar surface area (TPSA) is 33.5 Å². The molecule has 0 bridgehead atoms. The molecule has 1 heterocycles. The Morgan fingerprint density at radius 3 is 2.67 bits per heavy atom. The van der Waals surface area contributed by atoms with Crippen molar-refractivity contribution in [2.75, 3.05) is 19.0 Å². The SMILES string of the molecule is CN(C)c1cc(=O)c2cc(F)ccc2o1. The van der Waals surface area contributed by atoms with Gasteiger partial charge in [-0.2, -0.15) is 0 Å². The van der Waals surface area contributed by atoms with E-state index in [2.05, 4.69) is 0 Å². The maximum Gasteiger partial charge on any atom is 0.199 e. The Kier molecular flexibility index (Phi) is 2.19. The largest absolute Gasteiger partial charge is 0.440 e. The van der Waals surface area contributed by atoms with Crippen molar-refractivity contribution >= 4 is 16.9 Å². The maximum atomic E-state index is 12.9. The lowest BCUT2D eigenvalue weighted by molar-refractivity contribution is 0.592. The van der Waals surface area contributed by atoms with Crippen molar-refractivity contribution < 1.29 is 8.81 Å². The van der Waals surface area contributed by atoms with E-state index in [1.165, 1.54) is 24.3 Å². The van der Waals surface area contributed by atoms with Crippen LogP contribution >= 0.6 is 0 Å². The first-order chi connectivity index (χ1) is 7.08. The first kappa shape index (κ1) is 9.71. The summed E-state index contributed by atoms with van der Waals surface area (Å²) in [6.45, 7) is 0. The first-order valence-electron chi connectivity index (χ1n) is 4.48. The summed E-state index contributed by atoms with van der Waals surface area (Å²) in [7, 11) is 3.54. The number of hydrogen-bond donors (Lipinski definition) is 0. The van der Waals surface area contributed by atoms with E-state index < -0.39 is 5.82 Å². The molecular weight excluding hydrogens is 197 g/mol. The van der Waals surface area contributed by atoms with Crippen LogP contribution in [0.4, 0.5) is 10.3 Å². The van der Waals surface area contributed by atoms with E-state index in [1.807, 2.05) is 0 Å². The van der Waals surface area contributed by atoms with E-state index in [0.29, 0.717) is 11.5 Å². The number of anilines is 1. The second-order valence-electron chi connectivity index (χ2n) is 3.48. The minimum atomic E-state index is -0.438. The molecule has 0 saturated carbocycles. The fraction of sp³-hybridized carbons (Fsp3) is 0.182. The van der Waals surface area contributed by atoms with Gasteiger partial charge in [0.05, 0.1) is 5.39 Å². The van der Waals surface area contributed by atoms with Gasteiger partial charge < -0.3 is 9.32 Å². The third kappa shape index (κ3) is 1.70. The van der Waals surface area contributed by atoms with Gasteiger partial charge in [-0.15, -0.1) is 0 Å². The van der Waals surface area contributed by atoms with Gasteiger partial charge in [0.15, 0.2) is 11.3 Å². The average Bonchev–Trinajstić information content (AvgIpc) is 2.18. The number of nitrogens with zero attached hydrogens (tertiary/aromatic N) is 1. The molecule has 78 valence electrons. The Hall–Kier alpha value is -1.84. The van der Waals surface area contributed by atoms with Crippen LogP contribution < -0.4 is 10.3 Å². The Bertz CT molecular complexity index is 560. The molecule has 1 aromatic heterocycles. The molecule has 2 aromatic rings. The minimum absolute atomic E-state index is 0.237. The van der Waals surface area contributed by atoms with Crippen LogP contribution in [-0.2, 0) is 0 Å². The highest BCUT2D eigenvalue weighted by Gasteiger charge is 2.06. The number of hydrogen-bond acceptors (Lipinski definition) is 3. The van der Waals surface area contributed by atoms with Crippen LogP contribution in [-0.4, -0.2) is 14.1 Å². The van der Waals surface area contributed by atoms with Gasteiger partial charge in [0.2, 0.25) is 0 Å². The van der Waals surface area contributed by atoms with E-state index in [-0.39, 0.29) is 10.8 Å². The Labute approximate surface area is 85.7 Å². The van der Waals surface area contributed by atoms with E-state index in [4.69, 9.17) is 4.42 Å². The second-order valence-corrected chi connectivity index (χ2v) is 3.48. The van der Waals surface area contributed by atoms with Crippen LogP contribution in [0.25, 0.3) is 11.0 Å². The molecule has 0 radical (unpaired) electrons. The molecule has 15 heavy (non-hydrogen) atoms. The molecule has 0 aliphatic rings. The second kappa shape index (κ2) is 3.38. The van der Waals surface area contributed by atoms with Gasteiger partial charge in [0, 0.05) is 20.2 Å². The lowest BCUT2D eigenvalue weighted by Gasteiger charge is -2.10. The van der Waals surface area contributed by atoms with Crippen LogP contribution in [0.2, 0.25) is 0 Å². The average molecular weight is 207 g/mol. The lowest BCUT2D eigenvalue weighted by Crippen LogP contribution is -2.12. The van der Waals surface area contributed by atoms with Crippen LogP contribution in [0, 0.1) is 5.82 Å². The highest BCUT2D eigenvalue weighted by molar-refractivity contribution is 5.77. The van der Waals surface area contributed by atoms with E-state index in [1.54, 1.807) is 19.0 Å². The molecule has 0 fully saturated rings. The van der Waals surface area contributed by atoms with Crippen molar-refractivity contribution in [2.24, 2.45) is 0 Å². The summed E-state index contributed by atoms with van der Waals surface area (Å²) in [5, 5.41) is 0.264. The quantitative estimate of drug-likeness (QED) is 0.717. The van der Waals surface area contributed by atoms with E-state index in [9.17, 15) is 9.18 Å². The maximum absolute atomic E-state index is 12.9. The Balaban J connectivity index is 2.79. The number of benzene rings is 1. The summed E-state index contributed by atoms with van der Waals surface area (Å²) < 4.78 is 18.3. The van der Waals surface area contributed by atoms with Gasteiger partial charge in [0.1, 0.15) is 11.4 Å². The molecular formula is C11H10FNO2. The van der Waals surface area contributed by atoms with Crippen molar-refractivity contribution in [3.63, 3.8) is 0 Å². The highest BCUT2D eigenvalue weighted by atomic mass is 19.1. The summed E-state index contributed by atoms with van der Waals surface area (Å²) >= 11 is 0. The molecule has 1 aromatic carbocycles. The van der Waals surface area contributed by atoms with Crippen LogP contribution in [0.5, 0.6) is 0 Å². The highest BCUT2D eigenvalue weighted by Crippen LogP contribution is 2.17. The van der Waals surface area contributed by atoms with Gasteiger partial charge >= 0.3 is 0 Å². The molecule has 0 spiro atoms. The predicted octanol–water partition coefficient (Wildman–Crippen LogP) is 2.00. The summed E-state index contributed by atoms with van der Waals surface area (Å²) in [5.41, 5.74) is 0.159. The molecule has 0 unspecified atom stereocenters. The Morgan fingerprint density at radius 1 is 1.27 bits per heavy atom. The molecule has 3 nitrogen and oxygen atoms in total. The first-order valence-corrected chi connectivity index (χ1v) is 4.48. The normalized spacial score (nSPS) is 10.6. The zero-order valence-electron chi connectivity index (χ0n) is 8.45. The van der Waals surface area contributed by atoms with Gasteiger partial charge in [-0.1, -0.05) is 0 Å². The molecule has 0 amide bonds. The van der Waals surface area contributed by atoms with Crippen molar-refractivity contribution in [1.82, 2.24) is 0 Å². The van der Waals surface area contributed by atoms with Crippen LogP contribution in [0.3, 0.4) is 0 Å². The summed E-state index contributed by atoms with van der Waals surface area (Å²) in [5.74, 6) is 0.0199. The van der Waals surface area contributed by atoms with Crippen molar-refractivity contribution in [3.05, 3.63) is 40.3 Å². The van der Waals surface area contributed by atoms with E-state index in [0.717, 1.165) is 0 Å².